The summed E-state index contributed by atoms with van der Waals surface area (Å²) in [6, 6.07) is -0.180. The van der Waals surface area contributed by atoms with Crippen molar-refractivity contribution in [3.8, 4) is 0 Å². The molecule has 0 radical (unpaired) electrons. The van der Waals surface area contributed by atoms with Crippen LogP contribution < -0.4 is 5.32 Å². The van der Waals surface area contributed by atoms with E-state index in [0.29, 0.717) is 25.5 Å². The van der Waals surface area contributed by atoms with Crippen LogP contribution in [0.15, 0.2) is 12.4 Å². The Morgan fingerprint density at radius 2 is 2.39 bits per heavy atom. The minimum absolute atomic E-state index is 0.0527. The Morgan fingerprint density at radius 1 is 1.67 bits per heavy atom. The van der Waals surface area contributed by atoms with Gasteiger partial charge in [0.15, 0.2) is 0 Å². The van der Waals surface area contributed by atoms with Gasteiger partial charge in [0, 0.05) is 31.4 Å². The predicted molar refractivity (Wildman–Crippen MR) is 62.7 cm³/mol. The third kappa shape index (κ3) is 2.61. The molecule has 1 aliphatic rings. The first-order valence-electron chi connectivity index (χ1n) is 5.81. The Kier molecular flexibility index (Phi) is 3.50. The number of nitrogens with one attached hydrogen (secondary N) is 2. The summed E-state index contributed by atoms with van der Waals surface area (Å²) < 4.78 is 0. The van der Waals surface area contributed by atoms with Crippen LogP contribution in [0.3, 0.4) is 0 Å². The molecule has 18 heavy (non-hydrogen) atoms. The molecule has 1 unspecified atom stereocenters. The molecule has 0 saturated carbocycles. The number of aromatic amines is 1. The first-order valence-corrected chi connectivity index (χ1v) is 5.81. The molecular formula is C11H16N4O3. The van der Waals surface area contributed by atoms with E-state index in [1.165, 1.54) is 0 Å². The predicted octanol–water partition coefficient (Wildman–Crippen LogP) is 0.272. The number of aliphatic carboxylic acids is 1. The van der Waals surface area contributed by atoms with E-state index in [4.69, 9.17) is 5.11 Å². The zero-order valence-corrected chi connectivity index (χ0v) is 10.1. The molecule has 1 aliphatic heterocycles. The molecule has 0 spiro atoms. The van der Waals surface area contributed by atoms with Gasteiger partial charge in [-0.25, -0.2) is 9.78 Å². The largest absolute Gasteiger partial charge is 0.481 e. The number of H-pyrrole nitrogens is 1. The van der Waals surface area contributed by atoms with E-state index in [1.54, 1.807) is 24.2 Å². The van der Waals surface area contributed by atoms with E-state index >= 15 is 0 Å². The molecule has 1 aromatic rings. The van der Waals surface area contributed by atoms with Crippen LogP contribution >= 0.6 is 0 Å². The number of hydrogen-bond acceptors (Lipinski definition) is 3. The highest BCUT2D eigenvalue weighted by atomic mass is 16.4. The summed E-state index contributed by atoms with van der Waals surface area (Å²) in [5, 5.41) is 11.6. The van der Waals surface area contributed by atoms with Gasteiger partial charge in [0.2, 0.25) is 0 Å². The molecule has 98 valence electrons. The van der Waals surface area contributed by atoms with Gasteiger partial charge in [-0.15, -0.1) is 0 Å². The highest BCUT2D eigenvalue weighted by Gasteiger charge is 2.37. The van der Waals surface area contributed by atoms with Crippen LogP contribution in [0.5, 0.6) is 0 Å². The van der Waals surface area contributed by atoms with Crippen LogP contribution in [-0.4, -0.2) is 45.1 Å². The summed E-state index contributed by atoms with van der Waals surface area (Å²) in [7, 11) is 0. The maximum atomic E-state index is 11.7. The lowest BCUT2D eigenvalue weighted by atomic mass is 9.87. The Labute approximate surface area is 104 Å². The Hall–Kier alpha value is -2.05. The molecule has 1 fully saturated rings. The van der Waals surface area contributed by atoms with Crippen molar-refractivity contribution >= 4 is 12.0 Å². The molecule has 2 amide bonds. The summed E-state index contributed by atoms with van der Waals surface area (Å²) in [5.41, 5.74) is 0. The molecule has 0 aliphatic carbocycles. The Balaban J connectivity index is 1.71. The second kappa shape index (κ2) is 5.07. The number of rotatable bonds is 4. The lowest BCUT2D eigenvalue weighted by Gasteiger charge is -2.40. The van der Waals surface area contributed by atoms with Crippen LogP contribution in [0, 0.1) is 11.8 Å². The van der Waals surface area contributed by atoms with E-state index in [9.17, 15) is 9.59 Å². The number of amides is 2. The molecule has 0 bridgehead atoms. The number of imidazole rings is 1. The van der Waals surface area contributed by atoms with Crippen molar-refractivity contribution in [3.05, 3.63) is 18.2 Å². The topological polar surface area (TPSA) is 98.3 Å². The number of urea groups is 1. The number of carbonyl (C=O) groups is 2. The van der Waals surface area contributed by atoms with Gasteiger partial charge in [-0.1, -0.05) is 6.92 Å². The van der Waals surface area contributed by atoms with Crippen LogP contribution in [0.2, 0.25) is 0 Å². The van der Waals surface area contributed by atoms with E-state index in [-0.39, 0.29) is 11.9 Å². The van der Waals surface area contributed by atoms with Gasteiger partial charge in [0.1, 0.15) is 5.82 Å². The van der Waals surface area contributed by atoms with Gasteiger partial charge < -0.3 is 20.3 Å². The summed E-state index contributed by atoms with van der Waals surface area (Å²) in [4.78, 5) is 30.9. The van der Waals surface area contributed by atoms with Crippen molar-refractivity contribution < 1.29 is 14.7 Å². The number of likely N-dealkylation sites (tertiary alicyclic amines) is 1. The number of aromatic nitrogens is 2. The van der Waals surface area contributed by atoms with Crippen molar-refractivity contribution in [2.75, 3.05) is 13.1 Å². The molecule has 0 aromatic carbocycles. The lowest BCUT2D eigenvalue weighted by molar-refractivity contribution is -0.144. The first-order chi connectivity index (χ1) is 8.58. The van der Waals surface area contributed by atoms with E-state index in [1.807, 2.05) is 0 Å². The zero-order chi connectivity index (χ0) is 13.1. The van der Waals surface area contributed by atoms with Crippen LogP contribution in [-0.2, 0) is 11.3 Å². The van der Waals surface area contributed by atoms with Crippen molar-refractivity contribution in [1.29, 1.82) is 0 Å². The average molecular weight is 252 g/mol. The summed E-state index contributed by atoms with van der Waals surface area (Å²) in [6.45, 7) is 3.02. The van der Waals surface area contributed by atoms with Crippen molar-refractivity contribution in [2.24, 2.45) is 11.8 Å². The molecule has 1 atom stereocenters. The quantitative estimate of drug-likeness (QED) is 0.716. The minimum atomic E-state index is -0.810. The van der Waals surface area contributed by atoms with Crippen LogP contribution in [0.4, 0.5) is 4.79 Å². The maximum Gasteiger partial charge on any atom is 0.317 e. The number of carboxylic acids is 1. The zero-order valence-electron chi connectivity index (χ0n) is 10.1. The normalized spacial score (nSPS) is 17.1. The third-order valence-electron chi connectivity index (χ3n) is 3.26. The first kappa shape index (κ1) is 12.4. The Morgan fingerprint density at radius 3 is 2.94 bits per heavy atom. The number of carbonyl (C=O) groups excluding carboxylic acids is 1. The Bertz CT molecular complexity index is 426. The fourth-order valence-corrected chi connectivity index (χ4v) is 1.86. The molecule has 1 saturated heterocycles. The van der Waals surface area contributed by atoms with E-state index < -0.39 is 11.9 Å². The number of hydrogen-bond donors (Lipinski definition) is 3. The molecule has 7 heteroatoms. The monoisotopic (exact) mass is 252 g/mol. The van der Waals surface area contributed by atoms with Crippen molar-refractivity contribution in [3.63, 3.8) is 0 Å². The minimum Gasteiger partial charge on any atom is -0.481 e. The molecule has 3 N–H and O–H groups in total. The standard InChI is InChI=1S/C11H16N4O3/c1-7(10(16)17)8-5-15(6-8)11(18)14-4-9-12-2-3-13-9/h2-3,7-8H,4-6H2,1H3,(H,12,13)(H,14,18)(H,16,17). The lowest BCUT2D eigenvalue weighted by Crippen LogP contribution is -2.56. The average Bonchev–Trinajstić information content (AvgIpc) is 2.76. The highest BCUT2D eigenvalue weighted by Crippen LogP contribution is 2.23. The highest BCUT2D eigenvalue weighted by molar-refractivity contribution is 5.76. The van der Waals surface area contributed by atoms with E-state index in [0.717, 1.165) is 0 Å². The summed E-state index contributed by atoms with van der Waals surface area (Å²) in [5.74, 6) is -0.467. The molecule has 7 nitrogen and oxygen atoms in total. The van der Waals surface area contributed by atoms with Gasteiger partial charge in [-0.05, 0) is 0 Å². The van der Waals surface area contributed by atoms with E-state index in [2.05, 4.69) is 15.3 Å². The SMILES string of the molecule is CC(C(=O)O)C1CN(C(=O)NCc2ncc[nH]2)C1. The molecule has 2 rings (SSSR count). The second-order valence-electron chi connectivity index (χ2n) is 4.49. The molecule has 1 aromatic heterocycles. The van der Waals surface area contributed by atoms with Gasteiger partial charge in [-0.2, -0.15) is 0 Å². The third-order valence-corrected chi connectivity index (χ3v) is 3.26. The van der Waals surface area contributed by atoms with Gasteiger partial charge in [0.05, 0.1) is 12.5 Å². The van der Waals surface area contributed by atoms with Crippen LogP contribution in [0.1, 0.15) is 12.7 Å². The maximum absolute atomic E-state index is 11.7. The summed E-state index contributed by atoms with van der Waals surface area (Å²) in [6.07, 6.45) is 3.31. The van der Waals surface area contributed by atoms with Crippen molar-refractivity contribution in [1.82, 2.24) is 20.2 Å². The number of nitrogens with zero attached hydrogens (tertiary/aromatic N) is 2. The fourth-order valence-electron chi connectivity index (χ4n) is 1.86. The van der Waals surface area contributed by atoms with Crippen LogP contribution in [0.25, 0.3) is 0 Å². The number of carboxylic acid groups (broad SMARTS) is 1. The summed E-state index contributed by atoms with van der Waals surface area (Å²) >= 11 is 0. The van der Waals surface area contributed by atoms with Gasteiger partial charge in [0.25, 0.3) is 0 Å². The van der Waals surface area contributed by atoms with Crippen molar-refractivity contribution in [2.45, 2.75) is 13.5 Å². The van der Waals surface area contributed by atoms with Gasteiger partial charge in [-0.3, -0.25) is 4.79 Å². The fraction of sp³-hybridized carbons (Fsp3) is 0.545. The van der Waals surface area contributed by atoms with Gasteiger partial charge >= 0.3 is 12.0 Å². The smallest absolute Gasteiger partial charge is 0.317 e. The second-order valence-corrected chi connectivity index (χ2v) is 4.49. The molecule has 2 heterocycles. The molecular weight excluding hydrogens is 236 g/mol.